The van der Waals surface area contributed by atoms with Gasteiger partial charge in [-0.2, -0.15) is 0 Å². The Morgan fingerprint density at radius 1 is 1.04 bits per heavy atom. The number of carboxylic acid groups (broad SMARTS) is 1. The summed E-state index contributed by atoms with van der Waals surface area (Å²) in [5, 5.41) is 10.0. The molecule has 4 rings (SSSR count). The zero-order chi connectivity index (χ0) is 16.0. The summed E-state index contributed by atoms with van der Waals surface area (Å²) in [7, 11) is 0. The third-order valence-electron chi connectivity index (χ3n) is 3.75. The first kappa shape index (κ1) is 13.7. The molecular weight excluding hydrogens is 310 g/mol. The summed E-state index contributed by atoms with van der Waals surface area (Å²) in [6.45, 7) is 0. The fourth-order valence-corrected chi connectivity index (χ4v) is 3.67. The van der Waals surface area contributed by atoms with Crippen molar-refractivity contribution in [3.8, 4) is 11.1 Å². The third-order valence-corrected chi connectivity index (χ3v) is 4.91. The first-order valence-electron chi connectivity index (χ1n) is 6.90. The summed E-state index contributed by atoms with van der Waals surface area (Å²) < 4.78 is 1.97. The molecule has 2 heterocycles. The summed E-state index contributed by atoms with van der Waals surface area (Å²) in [5.41, 5.74) is 9.05. The molecule has 6 heteroatoms. The van der Waals surface area contributed by atoms with Gasteiger partial charge in [-0.1, -0.05) is 24.3 Å². The lowest BCUT2D eigenvalue weighted by atomic mass is 10.0. The number of nitrogens with two attached hydrogens (primary N) is 1. The summed E-state index contributed by atoms with van der Waals surface area (Å²) in [4.78, 5) is 19.3. The number of benzene rings is 2. The number of nitrogens with zero attached hydrogens (tertiary/aromatic N) is 2. The van der Waals surface area contributed by atoms with Crippen LogP contribution in [0.3, 0.4) is 0 Å². The first-order valence-corrected chi connectivity index (χ1v) is 7.71. The maximum atomic E-state index is 10.9. The Morgan fingerprint density at radius 2 is 1.78 bits per heavy atom. The molecule has 2 aromatic carbocycles. The van der Waals surface area contributed by atoms with Gasteiger partial charge in [0.15, 0.2) is 0 Å². The molecule has 0 amide bonds. The molecule has 0 spiro atoms. The van der Waals surface area contributed by atoms with Crippen LogP contribution in [0.4, 0.5) is 5.82 Å². The molecule has 0 radical (unpaired) electrons. The number of hydrogen-bond donors (Lipinski definition) is 2. The second-order valence-corrected chi connectivity index (χ2v) is 6.18. The molecule has 0 bridgehead atoms. The van der Waals surface area contributed by atoms with Crippen LogP contribution in [0.5, 0.6) is 0 Å². The average molecular weight is 321 g/mol. The van der Waals surface area contributed by atoms with Gasteiger partial charge < -0.3 is 10.8 Å². The van der Waals surface area contributed by atoms with E-state index in [9.17, 15) is 4.79 Å². The number of nitrogen functional groups attached to an aromatic ring is 1. The van der Waals surface area contributed by atoms with E-state index in [1.807, 2.05) is 24.3 Å². The Morgan fingerprint density at radius 3 is 2.52 bits per heavy atom. The van der Waals surface area contributed by atoms with Gasteiger partial charge in [-0.15, -0.1) is 11.3 Å². The lowest BCUT2D eigenvalue weighted by Crippen LogP contribution is -1.94. The molecule has 0 saturated carbocycles. The largest absolute Gasteiger partial charge is 0.478 e. The van der Waals surface area contributed by atoms with Gasteiger partial charge in [-0.05, 0) is 29.3 Å². The van der Waals surface area contributed by atoms with Crippen LogP contribution in [0.2, 0.25) is 0 Å². The normalized spacial score (nSPS) is 11.1. The van der Waals surface area contributed by atoms with Gasteiger partial charge >= 0.3 is 5.97 Å². The van der Waals surface area contributed by atoms with Crippen LogP contribution in [0.1, 0.15) is 10.4 Å². The van der Waals surface area contributed by atoms with E-state index < -0.39 is 5.97 Å². The van der Waals surface area contributed by atoms with Gasteiger partial charge in [0, 0.05) is 10.1 Å². The topological polar surface area (TPSA) is 89.1 Å². The van der Waals surface area contributed by atoms with E-state index in [1.54, 1.807) is 23.5 Å². The van der Waals surface area contributed by atoms with Crippen molar-refractivity contribution in [1.82, 2.24) is 9.97 Å². The number of fused-ring (bicyclic) bond motifs is 3. The highest BCUT2D eigenvalue weighted by molar-refractivity contribution is 7.26. The van der Waals surface area contributed by atoms with Crippen LogP contribution in [0, 0.1) is 0 Å². The molecule has 0 aliphatic rings. The molecule has 0 aliphatic carbocycles. The van der Waals surface area contributed by atoms with Crippen molar-refractivity contribution in [2.45, 2.75) is 0 Å². The van der Waals surface area contributed by atoms with E-state index in [4.69, 9.17) is 10.8 Å². The van der Waals surface area contributed by atoms with E-state index in [-0.39, 0.29) is 5.56 Å². The molecule has 3 N–H and O–H groups in total. The third kappa shape index (κ3) is 2.20. The number of carboxylic acids is 1. The fraction of sp³-hybridized carbons (Fsp3) is 0. The molecule has 112 valence electrons. The van der Waals surface area contributed by atoms with Crippen LogP contribution in [-0.2, 0) is 0 Å². The Balaban J connectivity index is 1.87. The van der Waals surface area contributed by atoms with Crippen LogP contribution >= 0.6 is 11.3 Å². The highest BCUT2D eigenvalue weighted by Crippen LogP contribution is 2.36. The number of aromatic nitrogens is 2. The van der Waals surface area contributed by atoms with Crippen LogP contribution in [-0.4, -0.2) is 21.0 Å². The van der Waals surface area contributed by atoms with Crippen molar-refractivity contribution in [1.29, 1.82) is 0 Å². The molecule has 0 saturated heterocycles. The zero-order valence-corrected chi connectivity index (χ0v) is 12.7. The SMILES string of the molecule is Nc1ncnc2c1sc1cc(-c3ccc(C(=O)O)cc3)ccc12. The molecule has 0 atom stereocenters. The summed E-state index contributed by atoms with van der Waals surface area (Å²) in [6.07, 6.45) is 1.47. The summed E-state index contributed by atoms with van der Waals surface area (Å²) >= 11 is 1.56. The molecule has 4 aromatic rings. The highest BCUT2D eigenvalue weighted by Gasteiger charge is 2.11. The van der Waals surface area contributed by atoms with Gasteiger partial charge in [0.05, 0.1) is 15.8 Å². The Bertz CT molecular complexity index is 1050. The number of thiophene rings is 1. The summed E-state index contributed by atoms with van der Waals surface area (Å²) in [5.74, 6) is -0.436. The van der Waals surface area contributed by atoms with Gasteiger partial charge in [0.2, 0.25) is 0 Å². The number of carbonyl (C=O) groups is 1. The molecule has 5 nitrogen and oxygen atoms in total. The van der Waals surface area contributed by atoms with E-state index in [0.29, 0.717) is 5.82 Å². The quantitative estimate of drug-likeness (QED) is 0.586. The van der Waals surface area contributed by atoms with Gasteiger partial charge in [0.1, 0.15) is 12.1 Å². The fourth-order valence-electron chi connectivity index (χ4n) is 2.58. The molecule has 0 unspecified atom stereocenters. The lowest BCUT2D eigenvalue weighted by Gasteiger charge is -2.02. The van der Waals surface area contributed by atoms with Crippen molar-refractivity contribution in [3.05, 3.63) is 54.4 Å². The number of rotatable bonds is 2. The minimum atomic E-state index is -0.925. The molecular formula is C17H11N3O2S. The molecule has 23 heavy (non-hydrogen) atoms. The lowest BCUT2D eigenvalue weighted by molar-refractivity contribution is 0.0697. The smallest absolute Gasteiger partial charge is 0.335 e. The van der Waals surface area contributed by atoms with Crippen molar-refractivity contribution in [3.63, 3.8) is 0 Å². The Hall–Kier alpha value is -2.99. The minimum absolute atomic E-state index is 0.278. The van der Waals surface area contributed by atoms with Crippen LogP contribution in [0.15, 0.2) is 48.8 Å². The average Bonchev–Trinajstić information content (AvgIpc) is 2.94. The van der Waals surface area contributed by atoms with Crippen LogP contribution in [0.25, 0.3) is 31.4 Å². The number of aromatic carboxylic acids is 1. The van der Waals surface area contributed by atoms with Gasteiger partial charge in [-0.3, -0.25) is 0 Å². The monoisotopic (exact) mass is 321 g/mol. The van der Waals surface area contributed by atoms with Crippen molar-refractivity contribution in [2.24, 2.45) is 0 Å². The Kier molecular flexibility index (Phi) is 2.99. The zero-order valence-electron chi connectivity index (χ0n) is 11.9. The number of hydrogen-bond acceptors (Lipinski definition) is 5. The maximum absolute atomic E-state index is 10.9. The van der Waals surface area contributed by atoms with E-state index in [0.717, 1.165) is 31.4 Å². The van der Waals surface area contributed by atoms with E-state index >= 15 is 0 Å². The first-order chi connectivity index (χ1) is 11.1. The second kappa shape index (κ2) is 5.03. The Labute approximate surface area is 135 Å². The standard InChI is InChI=1S/C17H11N3O2S/c18-16-15-14(19-8-20-16)12-6-5-11(7-13(12)23-15)9-1-3-10(4-2-9)17(21)22/h1-8H,(H,21,22)(H2,18,19,20). The predicted octanol–water partition coefficient (Wildman–Crippen LogP) is 3.79. The molecule has 0 fully saturated rings. The van der Waals surface area contributed by atoms with Crippen molar-refractivity contribution in [2.75, 3.05) is 5.73 Å². The van der Waals surface area contributed by atoms with Crippen molar-refractivity contribution >= 4 is 43.4 Å². The predicted molar refractivity (Wildman–Crippen MR) is 91.7 cm³/mol. The van der Waals surface area contributed by atoms with Crippen LogP contribution < -0.4 is 5.73 Å². The number of anilines is 1. The minimum Gasteiger partial charge on any atom is -0.478 e. The van der Waals surface area contributed by atoms with E-state index in [1.165, 1.54) is 6.33 Å². The maximum Gasteiger partial charge on any atom is 0.335 e. The second-order valence-electron chi connectivity index (χ2n) is 5.13. The molecule has 2 aromatic heterocycles. The van der Waals surface area contributed by atoms with Gasteiger partial charge in [-0.25, -0.2) is 14.8 Å². The van der Waals surface area contributed by atoms with Gasteiger partial charge in [0.25, 0.3) is 0 Å². The highest BCUT2D eigenvalue weighted by atomic mass is 32.1. The van der Waals surface area contributed by atoms with E-state index in [2.05, 4.69) is 16.0 Å². The summed E-state index contributed by atoms with van der Waals surface area (Å²) in [6, 6.07) is 12.9. The molecule has 0 aliphatic heterocycles. The van der Waals surface area contributed by atoms with Crippen molar-refractivity contribution < 1.29 is 9.90 Å².